The Morgan fingerprint density at radius 1 is 1.14 bits per heavy atom. The van der Waals surface area contributed by atoms with E-state index in [9.17, 15) is 4.79 Å². The van der Waals surface area contributed by atoms with E-state index < -0.39 is 0 Å². The highest BCUT2D eigenvalue weighted by Crippen LogP contribution is 2.11. The lowest BCUT2D eigenvalue weighted by atomic mass is 10.1. The summed E-state index contributed by atoms with van der Waals surface area (Å²) in [5.74, 6) is 0.0767. The summed E-state index contributed by atoms with van der Waals surface area (Å²) in [6, 6.07) is 7.73. The van der Waals surface area contributed by atoms with Crippen LogP contribution >= 0.6 is 11.6 Å². The second kappa shape index (κ2) is 8.37. The highest BCUT2D eigenvalue weighted by Gasteiger charge is 2.02. The van der Waals surface area contributed by atoms with E-state index in [1.807, 2.05) is 24.3 Å². The maximum atomic E-state index is 11.7. The molecule has 0 fully saturated rings. The molecule has 5 heteroatoms. The predicted molar refractivity (Wildman–Crippen MR) is 83.1 cm³/mol. The number of aryl methyl sites for hydroxylation is 1. The quantitative estimate of drug-likeness (QED) is 0.855. The molecule has 0 spiro atoms. The van der Waals surface area contributed by atoms with Gasteiger partial charge in [0, 0.05) is 43.0 Å². The number of nitrogens with zero attached hydrogens (tertiary/aromatic N) is 2. The zero-order chi connectivity index (χ0) is 14.9. The summed E-state index contributed by atoms with van der Waals surface area (Å²) in [7, 11) is 0. The van der Waals surface area contributed by atoms with E-state index in [1.54, 1.807) is 18.6 Å². The van der Waals surface area contributed by atoms with Gasteiger partial charge in [-0.25, -0.2) is 0 Å². The predicted octanol–water partition coefficient (Wildman–Crippen LogP) is 2.81. The van der Waals surface area contributed by atoms with Crippen LogP contribution in [0, 0.1) is 0 Å². The molecule has 4 nitrogen and oxygen atoms in total. The Labute approximate surface area is 129 Å². The van der Waals surface area contributed by atoms with Crippen LogP contribution in [0.5, 0.6) is 0 Å². The van der Waals surface area contributed by atoms with E-state index >= 15 is 0 Å². The first-order chi connectivity index (χ1) is 10.2. The van der Waals surface area contributed by atoms with Gasteiger partial charge in [0.05, 0.1) is 5.69 Å². The van der Waals surface area contributed by atoms with Gasteiger partial charge < -0.3 is 5.32 Å². The summed E-state index contributed by atoms with van der Waals surface area (Å²) >= 11 is 5.83. The van der Waals surface area contributed by atoms with Crippen molar-refractivity contribution in [1.82, 2.24) is 15.3 Å². The molecule has 1 N–H and O–H groups in total. The topological polar surface area (TPSA) is 54.9 Å². The number of nitrogens with one attached hydrogen (secondary N) is 1. The van der Waals surface area contributed by atoms with Crippen LogP contribution in [0.3, 0.4) is 0 Å². The Balaban J connectivity index is 1.60. The summed E-state index contributed by atoms with van der Waals surface area (Å²) in [4.78, 5) is 19.9. The van der Waals surface area contributed by atoms with Gasteiger partial charge in [-0.3, -0.25) is 14.8 Å². The van der Waals surface area contributed by atoms with Gasteiger partial charge >= 0.3 is 0 Å². The lowest BCUT2D eigenvalue weighted by Gasteiger charge is -2.05. The maximum absolute atomic E-state index is 11.7. The number of rotatable bonds is 7. The second-order valence-electron chi connectivity index (χ2n) is 4.78. The molecule has 0 radical (unpaired) electrons. The van der Waals surface area contributed by atoms with E-state index in [0.717, 1.165) is 23.6 Å². The number of aromatic nitrogens is 2. The summed E-state index contributed by atoms with van der Waals surface area (Å²) in [6.45, 7) is 0.596. The smallest absolute Gasteiger partial charge is 0.220 e. The van der Waals surface area contributed by atoms with Crippen LogP contribution in [-0.2, 0) is 17.6 Å². The Kier molecular flexibility index (Phi) is 6.16. The maximum Gasteiger partial charge on any atom is 0.220 e. The molecule has 0 bridgehead atoms. The molecular formula is C16H18ClN3O. The highest BCUT2D eigenvalue weighted by molar-refractivity contribution is 6.30. The first-order valence-corrected chi connectivity index (χ1v) is 7.38. The summed E-state index contributed by atoms with van der Waals surface area (Å²) in [5.41, 5.74) is 2.09. The summed E-state index contributed by atoms with van der Waals surface area (Å²) in [6.07, 6.45) is 7.96. The van der Waals surface area contributed by atoms with Crippen molar-refractivity contribution >= 4 is 17.5 Å². The molecule has 0 unspecified atom stereocenters. The van der Waals surface area contributed by atoms with Crippen LogP contribution in [0.2, 0.25) is 5.02 Å². The fourth-order valence-electron chi connectivity index (χ4n) is 1.98. The minimum atomic E-state index is 0.0767. The number of carbonyl (C=O) groups is 1. The molecule has 0 aliphatic rings. The summed E-state index contributed by atoms with van der Waals surface area (Å²) in [5, 5.41) is 3.64. The normalized spacial score (nSPS) is 10.3. The molecule has 0 aliphatic heterocycles. The van der Waals surface area contributed by atoms with Crippen LogP contribution < -0.4 is 5.32 Å². The Morgan fingerprint density at radius 3 is 2.67 bits per heavy atom. The van der Waals surface area contributed by atoms with Gasteiger partial charge in [0.2, 0.25) is 5.91 Å². The molecule has 2 rings (SSSR count). The van der Waals surface area contributed by atoms with Crippen LogP contribution in [0.1, 0.15) is 24.1 Å². The van der Waals surface area contributed by atoms with Crippen molar-refractivity contribution in [2.45, 2.75) is 25.7 Å². The molecule has 0 atom stereocenters. The molecule has 0 saturated heterocycles. The number of benzene rings is 1. The third-order valence-electron chi connectivity index (χ3n) is 3.10. The van der Waals surface area contributed by atoms with Crippen LogP contribution in [-0.4, -0.2) is 22.4 Å². The molecule has 21 heavy (non-hydrogen) atoms. The number of halogens is 1. The molecule has 0 saturated carbocycles. The monoisotopic (exact) mass is 303 g/mol. The molecule has 1 amide bonds. The van der Waals surface area contributed by atoms with Crippen molar-refractivity contribution in [3.05, 3.63) is 59.1 Å². The Bertz CT molecular complexity index is 557. The highest BCUT2D eigenvalue weighted by atomic mass is 35.5. The Hall–Kier alpha value is -1.94. The van der Waals surface area contributed by atoms with E-state index in [1.165, 1.54) is 5.56 Å². The molecule has 0 aliphatic carbocycles. The van der Waals surface area contributed by atoms with Gasteiger partial charge in [-0.05, 0) is 30.5 Å². The zero-order valence-electron chi connectivity index (χ0n) is 11.8. The van der Waals surface area contributed by atoms with E-state index in [0.29, 0.717) is 19.4 Å². The van der Waals surface area contributed by atoms with Gasteiger partial charge in [-0.1, -0.05) is 23.7 Å². The molecule has 1 aromatic heterocycles. The second-order valence-corrected chi connectivity index (χ2v) is 5.21. The molecular weight excluding hydrogens is 286 g/mol. The Morgan fingerprint density at radius 2 is 1.95 bits per heavy atom. The lowest BCUT2D eigenvalue weighted by molar-refractivity contribution is -0.121. The third-order valence-corrected chi connectivity index (χ3v) is 3.35. The van der Waals surface area contributed by atoms with Crippen LogP contribution in [0.25, 0.3) is 0 Å². The van der Waals surface area contributed by atoms with E-state index in [4.69, 9.17) is 11.6 Å². The number of hydrogen-bond donors (Lipinski definition) is 1. The number of amides is 1. The van der Waals surface area contributed by atoms with Gasteiger partial charge in [0.25, 0.3) is 0 Å². The average Bonchev–Trinajstić information content (AvgIpc) is 2.50. The van der Waals surface area contributed by atoms with Crippen molar-refractivity contribution in [3.8, 4) is 0 Å². The lowest BCUT2D eigenvalue weighted by Crippen LogP contribution is -2.25. The zero-order valence-corrected chi connectivity index (χ0v) is 12.5. The largest absolute Gasteiger partial charge is 0.356 e. The van der Waals surface area contributed by atoms with Crippen molar-refractivity contribution in [1.29, 1.82) is 0 Å². The van der Waals surface area contributed by atoms with Crippen LogP contribution in [0.4, 0.5) is 0 Å². The van der Waals surface area contributed by atoms with E-state index in [-0.39, 0.29) is 5.91 Å². The first kappa shape index (κ1) is 15.4. The van der Waals surface area contributed by atoms with Gasteiger partial charge in [0.1, 0.15) is 0 Å². The average molecular weight is 304 g/mol. The van der Waals surface area contributed by atoms with Gasteiger partial charge in [0.15, 0.2) is 0 Å². The molecule has 1 heterocycles. The number of carbonyl (C=O) groups excluding carboxylic acids is 1. The summed E-state index contributed by atoms with van der Waals surface area (Å²) < 4.78 is 0. The standard InChI is InChI=1S/C16H18ClN3O/c17-14-6-4-13(5-7-14)2-1-3-16(21)20-9-8-15-12-18-10-11-19-15/h4-7,10-12H,1-3,8-9H2,(H,20,21). The minimum absolute atomic E-state index is 0.0767. The van der Waals surface area contributed by atoms with Gasteiger partial charge in [-0.2, -0.15) is 0 Å². The fourth-order valence-corrected chi connectivity index (χ4v) is 2.11. The van der Waals surface area contributed by atoms with Crippen LogP contribution in [0.15, 0.2) is 42.9 Å². The third kappa shape index (κ3) is 5.92. The SMILES string of the molecule is O=C(CCCc1ccc(Cl)cc1)NCCc1cnccn1. The molecule has 2 aromatic rings. The van der Waals surface area contributed by atoms with Crippen molar-refractivity contribution in [2.24, 2.45) is 0 Å². The minimum Gasteiger partial charge on any atom is -0.356 e. The first-order valence-electron chi connectivity index (χ1n) is 7.00. The van der Waals surface area contributed by atoms with Crippen molar-refractivity contribution < 1.29 is 4.79 Å². The van der Waals surface area contributed by atoms with E-state index in [2.05, 4.69) is 15.3 Å². The van der Waals surface area contributed by atoms with Crippen molar-refractivity contribution in [3.63, 3.8) is 0 Å². The van der Waals surface area contributed by atoms with Gasteiger partial charge in [-0.15, -0.1) is 0 Å². The molecule has 110 valence electrons. The number of hydrogen-bond acceptors (Lipinski definition) is 3. The van der Waals surface area contributed by atoms with Crippen molar-refractivity contribution in [2.75, 3.05) is 6.54 Å². The fraction of sp³-hybridized carbons (Fsp3) is 0.312. The molecule has 1 aromatic carbocycles.